The molecule has 1 aromatic rings. The maximum absolute atomic E-state index is 13.4. The van der Waals surface area contributed by atoms with Gasteiger partial charge in [0.2, 0.25) is 0 Å². The number of benzene rings is 1. The molecule has 0 aromatic heterocycles. The van der Waals surface area contributed by atoms with E-state index < -0.39 is 5.79 Å². The lowest BCUT2D eigenvalue weighted by atomic mass is 9.97. The largest absolute Gasteiger partial charge is 0.365 e. The van der Waals surface area contributed by atoms with Crippen molar-refractivity contribution in [3.05, 3.63) is 35.6 Å². The number of halogens is 1. The van der Waals surface area contributed by atoms with Crippen LogP contribution in [-0.2, 0) is 11.3 Å². The summed E-state index contributed by atoms with van der Waals surface area (Å²) < 4.78 is 19.0. The molecule has 1 aromatic carbocycles. The van der Waals surface area contributed by atoms with E-state index in [1.807, 2.05) is 7.05 Å². The van der Waals surface area contributed by atoms with Crippen molar-refractivity contribution in [1.82, 2.24) is 4.90 Å². The van der Waals surface area contributed by atoms with E-state index in [2.05, 4.69) is 11.8 Å². The first-order chi connectivity index (χ1) is 8.50. The van der Waals surface area contributed by atoms with Gasteiger partial charge in [-0.3, -0.25) is 0 Å². The highest BCUT2D eigenvalue weighted by molar-refractivity contribution is 5.16. The maximum Gasteiger partial charge on any atom is 0.168 e. The Bertz CT molecular complexity index is 413. The van der Waals surface area contributed by atoms with Gasteiger partial charge in [0.1, 0.15) is 5.82 Å². The van der Waals surface area contributed by atoms with E-state index in [1.165, 1.54) is 6.07 Å². The summed E-state index contributed by atoms with van der Waals surface area (Å²) in [5.41, 5.74) is 0.484. The standard InChI is InChI=1S/C14H20FNO2/c1-11-9-14(17,7-8-16(11)2)18-10-12-5-3-4-6-13(12)15/h3-6,11,17H,7-10H2,1-2H3. The van der Waals surface area contributed by atoms with Gasteiger partial charge >= 0.3 is 0 Å². The number of hydrogen-bond donors (Lipinski definition) is 1. The third-order valence-corrected chi connectivity index (χ3v) is 3.68. The molecular weight excluding hydrogens is 233 g/mol. The third kappa shape index (κ3) is 3.07. The summed E-state index contributed by atoms with van der Waals surface area (Å²) in [5, 5.41) is 10.3. The second kappa shape index (κ2) is 5.34. The molecule has 3 nitrogen and oxygen atoms in total. The van der Waals surface area contributed by atoms with Gasteiger partial charge < -0.3 is 14.7 Å². The predicted octanol–water partition coefficient (Wildman–Crippen LogP) is 2.15. The minimum Gasteiger partial charge on any atom is -0.365 e. The van der Waals surface area contributed by atoms with Gasteiger partial charge in [0.15, 0.2) is 5.79 Å². The maximum atomic E-state index is 13.4. The van der Waals surface area contributed by atoms with Crippen LogP contribution in [0.2, 0.25) is 0 Å². The van der Waals surface area contributed by atoms with E-state index >= 15 is 0 Å². The fraction of sp³-hybridized carbons (Fsp3) is 0.571. The molecule has 1 aliphatic heterocycles. The molecule has 4 heteroatoms. The third-order valence-electron chi connectivity index (χ3n) is 3.68. The van der Waals surface area contributed by atoms with E-state index in [0.717, 1.165) is 6.54 Å². The topological polar surface area (TPSA) is 32.7 Å². The Balaban J connectivity index is 1.96. The number of ether oxygens (including phenoxy) is 1. The van der Waals surface area contributed by atoms with E-state index in [0.29, 0.717) is 18.4 Å². The molecule has 100 valence electrons. The van der Waals surface area contributed by atoms with Crippen LogP contribution in [0, 0.1) is 5.82 Å². The van der Waals surface area contributed by atoms with Crippen molar-refractivity contribution in [2.75, 3.05) is 13.6 Å². The second-order valence-electron chi connectivity index (χ2n) is 5.11. The van der Waals surface area contributed by atoms with Crippen molar-refractivity contribution in [1.29, 1.82) is 0 Å². The highest BCUT2D eigenvalue weighted by atomic mass is 19.1. The molecule has 2 rings (SSSR count). The van der Waals surface area contributed by atoms with E-state index in [4.69, 9.17) is 4.74 Å². The van der Waals surface area contributed by atoms with Crippen LogP contribution in [-0.4, -0.2) is 35.4 Å². The lowest BCUT2D eigenvalue weighted by Crippen LogP contribution is -2.49. The molecule has 0 saturated carbocycles. The van der Waals surface area contributed by atoms with Crippen LogP contribution >= 0.6 is 0 Å². The fourth-order valence-corrected chi connectivity index (χ4v) is 2.25. The molecular formula is C14H20FNO2. The first-order valence-corrected chi connectivity index (χ1v) is 6.30. The van der Waals surface area contributed by atoms with E-state index in [1.54, 1.807) is 18.2 Å². The van der Waals surface area contributed by atoms with Crippen LogP contribution in [0.1, 0.15) is 25.3 Å². The summed E-state index contributed by atoms with van der Waals surface area (Å²) in [7, 11) is 2.03. The zero-order chi connectivity index (χ0) is 13.2. The second-order valence-corrected chi connectivity index (χ2v) is 5.11. The predicted molar refractivity (Wildman–Crippen MR) is 67.5 cm³/mol. The molecule has 18 heavy (non-hydrogen) atoms. The van der Waals surface area contributed by atoms with Gasteiger partial charge in [-0.15, -0.1) is 0 Å². The van der Waals surface area contributed by atoms with Crippen LogP contribution in [0.25, 0.3) is 0 Å². The number of piperidine rings is 1. The normalized spacial score (nSPS) is 29.4. The lowest BCUT2D eigenvalue weighted by molar-refractivity contribution is -0.239. The molecule has 0 radical (unpaired) electrons. The minimum absolute atomic E-state index is 0.111. The monoisotopic (exact) mass is 253 g/mol. The summed E-state index contributed by atoms with van der Waals surface area (Å²) in [6.45, 7) is 2.95. The summed E-state index contributed by atoms with van der Waals surface area (Å²) in [6.07, 6.45) is 1.11. The fourth-order valence-electron chi connectivity index (χ4n) is 2.25. The van der Waals surface area contributed by atoms with Crippen molar-refractivity contribution >= 4 is 0 Å². The smallest absolute Gasteiger partial charge is 0.168 e. The molecule has 0 spiro atoms. The van der Waals surface area contributed by atoms with E-state index in [9.17, 15) is 9.50 Å². The molecule has 0 aliphatic carbocycles. The Morgan fingerprint density at radius 1 is 1.50 bits per heavy atom. The number of aliphatic hydroxyl groups is 1. The van der Waals surface area contributed by atoms with Crippen molar-refractivity contribution in [2.24, 2.45) is 0 Å². The molecule has 1 heterocycles. The van der Waals surface area contributed by atoms with Gasteiger partial charge in [-0.2, -0.15) is 0 Å². The first kappa shape index (κ1) is 13.5. The summed E-state index contributed by atoms with van der Waals surface area (Å²) in [5.74, 6) is -1.42. The Hall–Kier alpha value is -0.970. The van der Waals surface area contributed by atoms with Gasteiger partial charge in [0.25, 0.3) is 0 Å². The van der Waals surface area contributed by atoms with Gasteiger partial charge in [-0.05, 0) is 20.0 Å². The summed E-state index contributed by atoms with van der Waals surface area (Å²) in [6, 6.07) is 6.76. The Morgan fingerprint density at radius 2 is 2.22 bits per heavy atom. The Labute approximate surface area is 107 Å². The SMILES string of the molecule is CC1CC(O)(OCc2ccccc2F)CCN1C. The van der Waals surface area contributed by atoms with Crippen LogP contribution < -0.4 is 0 Å². The quantitative estimate of drug-likeness (QED) is 0.838. The molecule has 2 unspecified atom stereocenters. The van der Waals surface area contributed by atoms with Crippen LogP contribution in [0.5, 0.6) is 0 Å². The van der Waals surface area contributed by atoms with Gasteiger partial charge in [-0.25, -0.2) is 4.39 Å². The highest BCUT2D eigenvalue weighted by Gasteiger charge is 2.36. The van der Waals surface area contributed by atoms with Crippen LogP contribution in [0.15, 0.2) is 24.3 Å². The van der Waals surface area contributed by atoms with Gasteiger partial charge in [-0.1, -0.05) is 18.2 Å². The van der Waals surface area contributed by atoms with Gasteiger partial charge in [0.05, 0.1) is 6.61 Å². The van der Waals surface area contributed by atoms with Gasteiger partial charge in [0, 0.05) is 31.0 Å². The lowest BCUT2D eigenvalue weighted by Gasteiger charge is -2.40. The number of hydrogen-bond acceptors (Lipinski definition) is 3. The first-order valence-electron chi connectivity index (χ1n) is 6.30. The zero-order valence-corrected chi connectivity index (χ0v) is 10.9. The molecule has 1 fully saturated rings. The average Bonchev–Trinajstić information content (AvgIpc) is 2.34. The number of rotatable bonds is 3. The van der Waals surface area contributed by atoms with Crippen molar-refractivity contribution < 1.29 is 14.2 Å². The molecule has 2 atom stereocenters. The molecule has 0 amide bonds. The van der Waals surface area contributed by atoms with Crippen LogP contribution in [0.3, 0.4) is 0 Å². The Kier molecular flexibility index (Phi) is 4.00. The number of nitrogens with zero attached hydrogens (tertiary/aromatic N) is 1. The molecule has 1 saturated heterocycles. The Morgan fingerprint density at radius 3 is 2.89 bits per heavy atom. The summed E-state index contributed by atoms with van der Waals surface area (Å²) in [4.78, 5) is 2.18. The van der Waals surface area contributed by atoms with Crippen molar-refractivity contribution in [2.45, 2.75) is 38.2 Å². The van der Waals surface area contributed by atoms with Crippen LogP contribution in [0.4, 0.5) is 4.39 Å². The average molecular weight is 253 g/mol. The van der Waals surface area contributed by atoms with Crippen molar-refractivity contribution in [3.63, 3.8) is 0 Å². The number of likely N-dealkylation sites (tertiary alicyclic amines) is 1. The summed E-state index contributed by atoms with van der Waals surface area (Å²) >= 11 is 0. The zero-order valence-electron chi connectivity index (χ0n) is 10.9. The molecule has 1 aliphatic rings. The minimum atomic E-state index is -1.13. The molecule has 1 N–H and O–H groups in total. The molecule has 0 bridgehead atoms. The highest BCUT2D eigenvalue weighted by Crippen LogP contribution is 2.28. The van der Waals surface area contributed by atoms with E-state index in [-0.39, 0.29) is 18.5 Å². The van der Waals surface area contributed by atoms with Crippen molar-refractivity contribution in [3.8, 4) is 0 Å².